The van der Waals surface area contributed by atoms with E-state index in [1.165, 1.54) is 45.4 Å². The minimum atomic E-state index is -0.989. The molecule has 2 aromatic carbocycles. The van der Waals surface area contributed by atoms with Crippen molar-refractivity contribution in [1.82, 2.24) is 9.97 Å². The van der Waals surface area contributed by atoms with Crippen LogP contribution in [0.25, 0.3) is 22.5 Å². The summed E-state index contributed by atoms with van der Waals surface area (Å²) < 4.78 is 24.2. The molecule has 5 heteroatoms. The molecule has 3 aromatic rings. The fraction of sp³-hybridized carbons (Fsp3) is 0.429. The fourth-order valence-corrected chi connectivity index (χ4v) is 3.53. The second kappa shape index (κ2) is 13.6. The van der Waals surface area contributed by atoms with Gasteiger partial charge in [-0.2, -0.15) is 0 Å². The lowest BCUT2D eigenvalue weighted by atomic mass is 10.1. The molecule has 0 aliphatic rings. The predicted molar refractivity (Wildman–Crippen MR) is 132 cm³/mol. The molecule has 0 saturated carbocycles. The molecule has 1 heterocycles. The third-order valence-electron chi connectivity index (χ3n) is 5.45. The second-order valence-corrected chi connectivity index (χ2v) is 8.41. The summed E-state index contributed by atoms with van der Waals surface area (Å²) in [5, 5.41) is 0. The zero-order valence-electron chi connectivity index (χ0n) is 19.8. The molecule has 0 saturated heterocycles. The average molecular weight is 451 g/mol. The lowest BCUT2D eigenvalue weighted by molar-refractivity contribution is 0.210. The Bertz CT molecular complexity index is 926. The maximum absolute atomic E-state index is 12.9. The van der Waals surface area contributed by atoms with Gasteiger partial charge in [0, 0.05) is 23.5 Å². The molecule has 3 rings (SSSR count). The Morgan fingerprint density at radius 3 is 1.85 bits per heavy atom. The van der Waals surface area contributed by atoms with Crippen molar-refractivity contribution in [3.63, 3.8) is 0 Å². The number of unbranched alkanes of at least 4 members (excludes halogenated alkanes) is 6. The molecular weight excluding hydrogens is 415 g/mol. The summed E-state index contributed by atoms with van der Waals surface area (Å²) in [5.41, 5.74) is 2.85. The highest BCUT2D eigenvalue weighted by atomic mass is 19.1. The predicted octanol–water partition coefficient (Wildman–Crippen LogP) is 7.68. The summed E-state index contributed by atoms with van der Waals surface area (Å²) in [4.78, 5) is 9.04. The van der Waals surface area contributed by atoms with E-state index >= 15 is 0 Å². The molecule has 0 aliphatic heterocycles. The highest BCUT2D eigenvalue weighted by Crippen LogP contribution is 2.24. The molecule has 1 unspecified atom stereocenters. The molecular formula is C28H35FN2O2. The molecule has 176 valence electrons. The Hall–Kier alpha value is -2.95. The smallest absolute Gasteiger partial charge is 0.159 e. The van der Waals surface area contributed by atoms with Gasteiger partial charge in [-0.1, -0.05) is 57.6 Å². The van der Waals surface area contributed by atoms with Gasteiger partial charge in [-0.15, -0.1) is 0 Å². The first-order valence-electron chi connectivity index (χ1n) is 12.1. The third kappa shape index (κ3) is 8.49. The zero-order valence-corrected chi connectivity index (χ0v) is 19.8. The van der Waals surface area contributed by atoms with Gasteiger partial charge in [0.25, 0.3) is 0 Å². The zero-order chi connectivity index (χ0) is 23.3. The van der Waals surface area contributed by atoms with E-state index in [1.807, 2.05) is 60.9 Å². The van der Waals surface area contributed by atoms with E-state index in [4.69, 9.17) is 9.47 Å². The van der Waals surface area contributed by atoms with Crippen LogP contribution in [0.1, 0.15) is 58.8 Å². The van der Waals surface area contributed by atoms with Crippen molar-refractivity contribution in [2.24, 2.45) is 0 Å². The van der Waals surface area contributed by atoms with Gasteiger partial charge in [-0.05, 0) is 55.3 Å². The van der Waals surface area contributed by atoms with Crippen molar-refractivity contribution in [3.8, 4) is 34.0 Å². The highest BCUT2D eigenvalue weighted by Gasteiger charge is 2.05. The Morgan fingerprint density at radius 1 is 0.697 bits per heavy atom. The van der Waals surface area contributed by atoms with Crippen LogP contribution in [0, 0.1) is 0 Å². The summed E-state index contributed by atoms with van der Waals surface area (Å²) in [6.45, 7) is 4.54. The van der Waals surface area contributed by atoms with E-state index in [1.54, 1.807) is 0 Å². The van der Waals surface area contributed by atoms with Crippen molar-refractivity contribution in [2.45, 2.75) is 65.0 Å². The maximum atomic E-state index is 12.9. The monoisotopic (exact) mass is 450 g/mol. The largest absolute Gasteiger partial charge is 0.494 e. The molecule has 33 heavy (non-hydrogen) atoms. The Labute approximate surface area is 197 Å². The number of aromatic nitrogens is 2. The normalized spacial score (nSPS) is 11.8. The summed E-state index contributed by atoms with van der Waals surface area (Å²) in [7, 11) is 0. The van der Waals surface area contributed by atoms with Gasteiger partial charge in [-0.25, -0.2) is 14.4 Å². The molecule has 0 spiro atoms. The molecule has 0 radical (unpaired) electrons. The first-order valence-corrected chi connectivity index (χ1v) is 12.1. The van der Waals surface area contributed by atoms with Gasteiger partial charge in [-0.3, -0.25) is 0 Å². The average Bonchev–Trinajstić information content (AvgIpc) is 2.85. The van der Waals surface area contributed by atoms with E-state index in [-0.39, 0.29) is 6.61 Å². The lowest BCUT2D eigenvalue weighted by Gasteiger charge is -2.08. The van der Waals surface area contributed by atoms with Gasteiger partial charge < -0.3 is 9.47 Å². The molecule has 1 aromatic heterocycles. The molecule has 4 nitrogen and oxygen atoms in total. The van der Waals surface area contributed by atoms with E-state index in [2.05, 4.69) is 16.9 Å². The van der Waals surface area contributed by atoms with Crippen LogP contribution in [-0.4, -0.2) is 29.4 Å². The summed E-state index contributed by atoms with van der Waals surface area (Å²) in [5.74, 6) is 2.20. The van der Waals surface area contributed by atoms with Crippen LogP contribution in [0.15, 0.2) is 60.9 Å². The van der Waals surface area contributed by atoms with E-state index < -0.39 is 6.17 Å². The number of ether oxygens (including phenoxy) is 2. The van der Waals surface area contributed by atoms with Gasteiger partial charge in [0.05, 0.1) is 6.61 Å². The van der Waals surface area contributed by atoms with Crippen molar-refractivity contribution < 1.29 is 13.9 Å². The van der Waals surface area contributed by atoms with Crippen LogP contribution in [0.2, 0.25) is 0 Å². The van der Waals surface area contributed by atoms with E-state index in [9.17, 15) is 4.39 Å². The fourth-order valence-electron chi connectivity index (χ4n) is 3.53. The van der Waals surface area contributed by atoms with Crippen LogP contribution >= 0.6 is 0 Å². The third-order valence-corrected chi connectivity index (χ3v) is 5.45. The van der Waals surface area contributed by atoms with Crippen molar-refractivity contribution >= 4 is 0 Å². The molecule has 0 bridgehead atoms. The van der Waals surface area contributed by atoms with Crippen molar-refractivity contribution in [1.29, 1.82) is 0 Å². The quantitative estimate of drug-likeness (QED) is 0.236. The SMILES string of the molecule is CCCCCCCCCOc1ccc(-c2ncc(-c3ccc(OCC(C)F)cc3)cn2)cc1. The van der Waals surface area contributed by atoms with Crippen molar-refractivity contribution in [3.05, 3.63) is 60.9 Å². The van der Waals surface area contributed by atoms with Gasteiger partial charge in [0.1, 0.15) is 24.3 Å². The summed E-state index contributed by atoms with van der Waals surface area (Å²) in [6.07, 6.45) is 11.6. The number of alkyl halides is 1. The van der Waals surface area contributed by atoms with Crippen molar-refractivity contribution in [2.75, 3.05) is 13.2 Å². The number of nitrogens with zero attached hydrogens (tertiary/aromatic N) is 2. The van der Waals surface area contributed by atoms with E-state index in [0.717, 1.165) is 35.5 Å². The minimum Gasteiger partial charge on any atom is -0.494 e. The highest BCUT2D eigenvalue weighted by molar-refractivity contribution is 5.64. The van der Waals surface area contributed by atoms with Gasteiger partial charge in [0.15, 0.2) is 5.82 Å². The summed E-state index contributed by atoms with van der Waals surface area (Å²) in [6, 6.07) is 15.4. The maximum Gasteiger partial charge on any atom is 0.159 e. The first-order chi connectivity index (χ1) is 16.2. The van der Waals surface area contributed by atoms with Gasteiger partial charge >= 0.3 is 0 Å². The molecule has 0 fully saturated rings. The number of halogens is 1. The second-order valence-electron chi connectivity index (χ2n) is 8.41. The molecule has 0 N–H and O–H groups in total. The first kappa shape index (κ1) is 24.7. The molecule has 1 atom stereocenters. The summed E-state index contributed by atoms with van der Waals surface area (Å²) >= 11 is 0. The molecule has 0 aliphatic carbocycles. The van der Waals surface area contributed by atoms with Crippen LogP contribution in [0.5, 0.6) is 11.5 Å². The van der Waals surface area contributed by atoms with Crippen LogP contribution < -0.4 is 9.47 Å². The van der Waals surface area contributed by atoms with E-state index in [0.29, 0.717) is 11.6 Å². The topological polar surface area (TPSA) is 44.2 Å². The molecule has 0 amide bonds. The van der Waals surface area contributed by atoms with Crippen LogP contribution in [0.4, 0.5) is 4.39 Å². The Morgan fingerprint density at radius 2 is 1.24 bits per heavy atom. The van der Waals surface area contributed by atoms with Gasteiger partial charge in [0.2, 0.25) is 0 Å². The minimum absolute atomic E-state index is 0.0557. The van der Waals surface area contributed by atoms with Crippen LogP contribution in [-0.2, 0) is 0 Å². The number of hydrogen-bond donors (Lipinski definition) is 0. The Balaban J connectivity index is 1.46. The Kier molecular flexibility index (Phi) is 10.1. The standard InChI is InChI=1S/C28H35FN2O2/c1-3-4-5-6-7-8-9-18-32-26-16-12-24(13-17-26)28-30-19-25(20-31-28)23-10-14-27(15-11-23)33-21-22(2)29/h10-17,19-20,22H,3-9,18,21H2,1-2H3. The van der Waals surface area contributed by atoms with Crippen LogP contribution in [0.3, 0.4) is 0 Å². The lowest BCUT2D eigenvalue weighted by Crippen LogP contribution is -2.08. The number of benzene rings is 2. The number of hydrogen-bond acceptors (Lipinski definition) is 4. The number of rotatable bonds is 14.